The van der Waals surface area contributed by atoms with Crippen LogP contribution in [0.25, 0.3) is 11.0 Å². The fourth-order valence-electron chi connectivity index (χ4n) is 4.49. The van der Waals surface area contributed by atoms with E-state index in [1.54, 1.807) is 14.2 Å². The van der Waals surface area contributed by atoms with E-state index in [0.717, 1.165) is 41.7 Å². The lowest BCUT2D eigenvalue weighted by Gasteiger charge is -2.36. The summed E-state index contributed by atoms with van der Waals surface area (Å²) in [5.41, 5.74) is 2.92. The van der Waals surface area contributed by atoms with Gasteiger partial charge in [0.2, 0.25) is 0 Å². The van der Waals surface area contributed by atoms with Crippen molar-refractivity contribution in [1.29, 1.82) is 0 Å². The molecule has 0 saturated carbocycles. The van der Waals surface area contributed by atoms with Crippen molar-refractivity contribution in [2.75, 3.05) is 20.8 Å². The van der Waals surface area contributed by atoms with Crippen LogP contribution in [0.2, 0.25) is 0 Å². The van der Waals surface area contributed by atoms with E-state index in [1.165, 1.54) is 0 Å². The van der Waals surface area contributed by atoms with Gasteiger partial charge in [0.25, 0.3) is 0 Å². The number of nitrogens with zero attached hydrogens (tertiary/aromatic N) is 2. The van der Waals surface area contributed by atoms with E-state index in [2.05, 4.69) is 24.1 Å². The number of hydrogen-bond acceptors (Lipinski definition) is 4. The molecule has 2 aromatic carbocycles. The highest BCUT2D eigenvalue weighted by atomic mass is 16.5. The standard InChI is InChI=1S/C25H32N4O3/c1-16(2)23(17-12-13-21(31-3)22(15-17)32-4)28-25(30)29-14-8-7-11-20(29)24-26-18-9-5-6-10-19(18)27-24/h5-6,9-10,12-13,15-16,20,23H,7-8,11,14H2,1-4H3,(H,26,27)(H,28,30)/t20-,23-/m1/s1. The van der Waals surface area contributed by atoms with Crippen molar-refractivity contribution in [2.45, 2.75) is 45.2 Å². The fourth-order valence-corrected chi connectivity index (χ4v) is 4.49. The Bertz CT molecular complexity index is 1040. The Balaban J connectivity index is 1.58. The van der Waals surface area contributed by atoms with Gasteiger partial charge in [-0.3, -0.25) is 0 Å². The number of aromatic nitrogens is 2. The summed E-state index contributed by atoms with van der Waals surface area (Å²) >= 11 is 0. The van der Waals surface area contributed by atoms with Gasteiger partial charge in [0.15, 0.2) is 11.5 Å². The van der Waals surface area contributed by atoms with Gasteiger partial charge in [0.1, 0.15) is 5.82 Å². The number of ether oxygens (including phenoxy) is 2. The van der Waals surface area contributed by atoms with Crippen LogP contribution in [0.4, 0.5) is 4.79 Å². The van der Waals surface area contributed by atoms with Crippen molar-refractivity contribution in [3.8, 4) is 11.5 Å². The molecule has 4 rings (SSSR count). The summed E-state index contributed by atoms with van der Waals surface area (Å²) in [7, 11) is 3.24. The van der Waals surface area contributed by atoms with Gasteiger partial charge in [-0.05, 0) is 55.0 Å². The highest BCUT2D eigenvalue weighted by molar-refractivity contribution is 5.77. The number of nitrogens with one attached hydrogen (secondary N) is 2. The highest BCUT2D eigenvalue weighted by Crippen LogP contribution is 2.34. The number of aromatic amines is 1. The zero-order valence-electron chi connectivity index (χ0n) is 19.2. The molecule has 7 heteroatoms. The second-order valence-electron chi connectivity index (χ2n) is 8.63. The van der Waals surface area contributed by atoms with Crippen molar-refractivity contribution in [1.82, 2.24) is 20.2 Å². The molecule has 3 aromatic rings. The molecule has 1 fully saturated rings. The summed E-state index contributed by atoms with van der Waals surface area (Å²) in [5, 5.41) is 3.27. The summed E-state index contributed by atoms with van der Waals surface area (Å²) in [5.74, 6) is 2.38. The zero-order chi connectivity index (χ0) is 22.7. The van der Waals surface area contributed by atoms with Crippen LogP contribution in [0.1, 0.15) is 56.6 Å². The molecule has 2 N–H and O–H groups in total. The lowest BCUT2D eigenvalue weighted by atomic mass is 9.95. The number of amides is 2. The van der Waals surface area contributed by atoms with Crippen molar-refractivity contribution in [3.05, 3.63) is 53.9 Å². The van der Waals surface area contributed by atoms with Gasteiger partial charge in [-0.1, -0.05) is 32.0 Å². The molecule has 1 aliphatic rings. The highest BCUT2D eigenvalue weighted by Gasteiger charge is 2.32. The van der Waals surface area contributed by atoms with Gasteiger partial charge < -0.3 is 24.7 Å². The van der Waals surface area contributed by atoms with Crippen LogP contribution in [-0.2, 0) is 0 Å². The average Bonchev–Trinajstić information content (AvgIpc) is 3.26. The third kappa shape index (κ3) is 4.38. The van der Waals surface area contributed by atoms with Crippen molar-refractivity contribution in [3.63, 3.8) is 0 Å². The van der Waals surface area contributed by atoms with Gasteiger partial charge in [0.05, 0.1) is 37.3 Å². The number of imidazole rings is 1. The number of hydrogen-bond donors (Lipinski definition) is 2. The largest absolute Gasteiger partial charge is 0.493 e. The maximum atomic E-state index is 13.5. The maximum Gasteiger partial charge on any atom is 0.318 e. The number of fused-ring (bicyclic) bond motifs is 1. The number of benzene rings is 2. The van der Waals surface area contributed by atoms with E-state index in [9.17, 15) is 4.79 Å². The summed E-state index contributed by atoms with van der Waals surface area (Å²) in [6.07, 6.45) is 2.97. The van der Waals surface area contributed by atoms with E-state index in [0.29, 0.717) is 18.0 Å². The van der Waals surface area contributed by atoms with Crippen LogP contribution in [0, 0.1) is 5.92 Å². The molecule has 0 bridgehead atoms. The van der Waals surface area contributed by atoms with E-state index in [4.69, 9.17) is 14.5 Å². The Labute approximate surface area is 189 Å². The number of rotatable bonds is 6. The third-order valence-electron chi connectivity index (χ3n) is 6.20. The summed E-state index contributed by atoms with van der Waals surface area (Å²) < 4.78 is 10.8. The molecule has 2 amide bonds. The third-order valence-corrected chi connectivity index (χ3v) is 6.20. The van der Waals surface area contributed by atoms with Gasteiger partial charge in [-0.25, -0.2) is 9.78 Å². The van der Waals surface area contributed by atoms with Crippen LogP contribution in [0.15, 0.2) is 42.5 Å². The van der Waals surface area contributed by atoms with Crippen LogP contribution >= 0.6 is 0 Å². The first-order valence-corrected chi connectivity index (χ1v) is 11.3. The molecule has 7 nitrogen and oxygen atoms in total. The predicted octanol–water partition coefficient (Wildman–Crippen LogP) is 5.21. The second-order valence-corrected chi connectivity index (χ2v) is 8.63. The molecular weight excluding hydrogens is 404 g/mol. The topological polar surface area (TPSA) is 79.5 Å². The first-order valence-electron chi connectivity index (χ1n) is 11.3. The van der Waals surface area contributed by atoms with E-state index in [-0.39, 0.29) is 24.0 Å². The number of likely N-dealkylation sites (tertiary alicyclic amines) is 1. The molecule has 170 valence electrons. The summed E-state index contributed by atoms with van der Waals surface area (Å²) in [6, 6.07) is 13.5. The van der Waals surface area contributed by atoms with E-state index in [1.807, 2.05) is 47.4 Å². The molecule has 0 radical (unpaired) electrons. The number of piperidine rings is 1. The molecule has 0 unspecified atom stereocenters. The molecule has 1 saturated heterocycles. The van der Waals surface area contributed by atoms with Crippen molar-refractivity contribution >= 4 is 17.1 Å². The lowest BCUT2D eigenvalue weighted by molar-refractivity contribution is 0.142. The summed E-state index contributed by atoms with van der Waals surface area (Å²) in [4.78, 5) is 23.6. The molecule has 0 spiro atoms. The van der Waals surface area contributed by atoms with Crippen molar-refractivity contribution in [2.24, 2.45) is 5.92 Å². The lowest BCUT2D eigenvalue weighted by Crippen LogP contribution is -2.46. The van der Waals surface area contributed by atoms with Gasteiger partial charge in [-0.2, -0.15) is 0 Å². The number of urea groups is 1. The average molecular weight is 437 g/mol. The van der Waals surface area contributed by atoms with Crippen molar-refractivity contribution < 1.29 is 14.3 Å². The smallest absolute Gasteiger partial charge is 0.318 e. The van der Waals surface area contributed by atoms with Crippen LogP contribution in [0.5, 0.6) is 11.5 Å². The molecule has 1 aliphatic heterocycles. The van der Waals surface area contributed by atoms with Gasteiger partial charge >= 0.3 is 6.03 Å². The zero-order valence-corrected chi connectivity index (χ0v) is 19.2. The van der Waals surface area contributed by atoms with Gasteiger partial charge in [-0.15, -0.1) is 0 Å². The molecule has 32 heavy (non-hydrogen) atoms. The first kappa shape index (κ1) is 22.0. The molecule has 0 aliphatic carbocycles. The predicted molar refractivity (Wildman–Crippen MR) is 125 cm³/mol. The summed E-state index contributed by atoms with van der Waals surface area (Å²) in [6.45, 7) is 4.92. The monoisotopic (exact) mass is 436 g/mol. The number of H-pyrrole nitrogens is 1. The first-order chi connectivity index (χ1) is 15.5. The van der Waals surface area contributed by atoms with Gasteiger partial charge in [0, 0.05) is 6.54 Å². The Kier molecular flexibility index (Phi) is 6.53. The van der Waals surface area contributed by atoms with Crippen LogP contribution in [0.3, 0.4) is 0 Å². The number of carbonyl (C=O) groups is 1. The Hall–Kier alpha value is -3.22. The Morgan fingerprint density at radius 3 is 2.62 bits per heavy atom. The molecule has 2 heterocycles. The molecule has 1 aromatic heterocycles. The minimum atomic E-state index is -0.152. The van der Waals surface area contributed by atoms with Crippen LogP contribution < -0.4 is 14.8 Å². The van der Waals surface area contributed by atoms with E-state index < -0.39 is 0 Å². The number of carbonyl (C=O) groups excluding carboxylic acids is 1. The Morgan fingerprint density at radius 1 is 1.12 bits per heavy atom. The number of para-hydroxylation sites is 2. The normalized spacial score (nSPS) is 17.4. The minimum Gasteiger partial charge on any atom is -0.493 e. The maximum absolute atomic E-state index is 13.5. The minimum absolute atomic E-state index is 0.0608. The number of methoxy groups -OCH3 is 2. The quantitative estimate of drug-likeness (QED) is 0.556. The molecule has 2 atom stereocenters. The fraction of sp³-hybridized carbons (Fsp3) is 0.440. The van der Waals surface area contributed by atoms with E-state index >= 15 is 0 Å². The molecular formula is C25H32N4O3. The van der Waals surface area contributed by atoms with Crippen LogP contribution in [-0.4, -0.2) is 41.7 Å². The second kappa shape index (κ2) is 9.51. The SMILES string of the molecule is COc1ccc([C@H](NC(=O)N2CCCC[C@@H]2c2nc3ccccc3[nH]2)C(C)C)cc1OC. The Morgan fingerprint density at radius 2 is 1.91 bits per heavy atom.